The van der Waals surface area contributed by atoms with E-state index in [1.54, 1.807) is 0 Å². The number of nitrogens with zero attached hydrogens (tertiary/aromatic N) is 5. The van der Waals surface area contributed by atoms with E-state index in [4.69, 9.17) is 11.6 Å². The minimum Gasteiger partial charge on any atom is -0.323 e. The van der Waals surface area contributed by atoms with Crippen molar-refractivity contribution in [2.24, 2.45) is 0 Å². The van der Waals surface area contributed by atoms with Crippen molar-refractivity contribution in [1.29, 1.82) is 0 Å². The van der Waals surface area contributed by atoms with Gasteiger partial charge in [0, 0.05) is 17.7 Å². The van der Waals surface area contributed by atoms with Gasteiger partial charge in [-0.05, 0) is 35.5 Å². The SMILES string of the molecule is O=C(Cn1nnc(-c2ccc(F)cc2)n1)Nc1cc([N+](=O)[O-])ccc1Cl. The smallest absolute Gasteiger partial charge is 0.271 e. The molecule has 132 valence electrons. The Bertz CT molecular complexity index is 976. The summed E-state index contributed by atoms with van der Waals surface area (Å²) in [5.74, 6) is -0.712. The molecule has 0 spiro atoms. The molecule has 1 N–H and O–H groups in total. The fourth-order valence-electron chi connectivity index (χ4n) is 2.07. The van der Waals surface area contributed by atoms with E-state index in [2.05, 4.69) is 20.7 Å². The summed E-state index contributed by atoms with van der Waals surface area (Å²) in [6.07, 6.45) is 0. The molecule has 0 bridgehead atoms. The summed E-state index contributed by atoms with van der Waals surface area (Å²) in [5.41, 5.74) is 0.437. The number of nitro benzene ring substituents is 1. The monoisotopic (exact) mass is 376 g/mol. The molecule has 0 aliphatic carbocycles. The fraction of sp³-hybridized carbons (Fsp3) is 0.0667. The molecule has 2 aromatic carbocycles. The summed E-state index contributed by atoms with van der Waals surface area (Å²) in [4.78, 5) is 23.3. The maximum atomic E-state index is 12.9. The number of rotatable bonds is 5. The molecule has 11 heteroatoms. The minimum atomic E-state index is -0.597. The molecule has 1 heterocycles. The van der Waals surface area contributed by atoms with Gasteiger partial charge in [-0.1, -0.05) is 11.6 Å². The molecule has 0 unspecified atom stereocenters. The number of tetrazole rings is 1. The van der Waals surface area contributed by atoms with Crippen LogP contribution in [-0.4, -0.2) is 31.0 Å². The summed E-state index contributed by atoms with van der Waals surface area (Å²) in [6.45, 7) is -0.285. The number of aromatic nitrogens is 4. The van der Waals surface area contributed by atoms with Gasteiger partial charge < -0.3 is 5.32 Å². The quantitative estimate of drug-likeness (QED) is 0.540. The van der Waals surface area contributed by atoms with E-state index in [1.165, 1.54) is 36.4 Å². The second-order valence-electron chi connectivity index (χ2n) is 5.12. The van der Waals surface area contributed by atoms with Gasteiger partial charge in [-0.2, -0.15) is 4.80 Å². The summed E-state index contributed by atoms with van der Waals surface area (Å²) in [6, 6.07) is 9.18. The van der Waals surface area contributed by atoms with Crippen molar-refractivity contribution in [3.8, 4) is 11.4 Å². The number of hydrogen-bond donors (Lipinski definition) is 1. The number of carbonyl (C=O) groups is 1. The summed E-state index contributed by atoms with van der Waals surface area (Å²) in [5, 5.41) is 25.0. The number of carbonyl (C=O) groups excluding carboxylic acids is 1. The van der Waals surface area contributed by atoms with E-state index in [0.29, 0.717) is 5.56 Å². The van der Waals surface area contributed by atoms with Crippen LogP contribution in [0, 0.1) is 15.9 Å². The van der Waals surface area contributed by atoms with Crippen molar-refractivity contribution < 1.29 is 14.1 Å². The predicted molar refractivity (Wildman–Crippen MR) is 89.9 cm³/mol. The second-order valence-corrected chi connectivity index (χ2v) is 5.53. The van der Waals surface area contributed by atoms with Crippen LogP contribution in [0.2, 0.25) is 5.02 Å². The normalized spacial score (nSPS) is 10.5. The minimum absolute atomic E-state index is 0.102. The molecule has 0 fully saturated rings. The molecule has 0 radical (unpaired) electrons. The van der Waals surface area contributed by atoms with Crippen molar-refractivity contribution in [3.63, 3.8) is 0 Å². The molecule has 0 saturated heterocycles. The molecular weight excluding hydrogens is 367 g/mol. The van der Waals surface area contributed by atoms with Crippen LogP contribution < -0.4 is 5.32 Å². The van der Waals surface area contributed by atoms with Crippen LogP contribution in [0.1, 0.15) is 0 Å². The molecule has 0 aliphatic rings. The van der Waals surface area contributed by atoms with E-state index in [1.807, 2.05) is 0 Å². The number of anilines is 1. The number of nitro groups is 1. The Kier molecular flexibility index (Phi) is 4.85. The van der Waals surface area contributed by atoms with Crippen LogP contribution in [-0.2, 0) is 11.3 Å². The first-order valence-corrected chi connectivity index (χ1v) is 7.58. The molecular formula is C15H10ClFN6O3. The van der Waals surface area contributed by atoms with Crippen molar-refractivity contribution in [3.05, 3.63) is 63.4 Å². The van der Waals surface area contributed by atoms with Crippen LogP contribution in [0.3, 0.4) is 0 Å². The highest BCUT2D eigenvalue weighted by Crippen LogP contribution is 2.26. The highest BCUT2D eigenvalue weighted by Gasteiger charge is 2.14. The largest absolute Gasteiger partial charge is 0.323 e. The fourth-order valence-corrected chi connectivity index (χ4v) is 2.23. The third kappa shape index (κ3) is 3.98. The van der Waals surface area contributed by atoms with Gasteiger partial charge in [0.15, 0.2) is 0 Å². The maximum Gasteiger partial charge on any atom is 0.271 e. The van der Waals surface area contributed by atoms with E-state index < -0.39 is 16.6 Å². The molecule has 1 aromatic heterocycles. The molecule has 26 heavy (non-hydrogen) atoms. The van der Waals surface area contributed by atoms with Crippen LogP contribution in [0.5, 0.6) is 0 Å². The lowest BCUT2D eigenvalue weighted by atomic mass is 10.2. The number of benzene rings is 2. The Balaban J connectivity index is 1.70. The van der Waals surface area contributed by atoms with Crippen LogP contribution in [0.4, 0.5) is 15.8 Å². The first-order chi connectivity index (χ1) is 12.4. The second kappa shape index (κ2) is 7.23. The van der Waals surface area contributed by atoms with Crippen LogP contribution >= 0.6 is 11.6 Å². The number of non-ortho nitro benzene ring substituents is 1. The van der Waals surface area contributed by atoms with E-state index in [9.17, 15) is 19.3 Å². The number of hydrogen-bond acceptors (Lipinski definition) is 6. The zero-order valence-corrected chi connectivity index (χ0v) is 13.7. The van der Waals surface area contributed by atoms with E-state index >= 15 is 0 Å². The highest BCUT2D eigenvalue weighted by atomic mass is 35.5. The molecule has 3 aromatic rings. The number of amides is 1. The zero-order chi connectivity index (χ0) is 18.7. The lowest BCUT2D eigenvalue weighted by molar-refractivity contribution is -0.384. The zero-order valence-electron chi connectivity index (χ0n) is 13.0. The molecule has 0 atom stereocenters. The Morgan fingerprint density at radius 1 is 1.27 bits per heavy atom. The summed E-state index contributed by atoms with van der Waals surface area (Å²) >= 11 is 5.93. The van der Waals surface area contributed by atoms with Gasteiger partial charge in [-0.25, -0.2) is 4.39 Å². The van der Waals surface area contributed by atoms with Crippen molar-refractivity contribution in [2.75, 3.05) is 5.32 Å². The molecule has 1 amide bonds. The number of halogens is 2. The topological polar surface area (TPSA) is 116 Å². The standard InChI is InChI=1S/C15H10ClFN6O3/c16-12-6-5-11(23(25)26)7-13(12)18-14(24)8-22-20-15(19-21-22)9-1-3-10(17)4-2-9/h1-7H,8H2,(H,18,24). The van der Waals surface area contributed by atoms with Gasteiger partial charge in [0.25, 0.3) is 5.69 Å². The molecule has 3 rings (SSSR count). The first kappa shape index (κ1) is 17.4. The molecule has 0 aliphatic heterocycles. The van der Waals surface area contributed by atoms with Crippen molar-refractivity contribution >= 4 is 28.9 Å². The first-order valence-electron chi connectivity index (χ1n) is 7.20. The van der Waals surface area contributed by atoms with Crippen molar-refractivity contribution in [2.45, 2.75) is 6.54 Å². The Morgan fingerprint density at radius 3 is 2.69 bits per heavy atom. The van der Waals surface area contributed by atoms with Gasteiger partial charge in [0.1, 0.15) is 12.4 Å². The predicted octanol–water partition coefficient (Wildman–Crippen LogP) is 2.68. The Hall–Kier alpha value is -3.40. The van der Waals surface area contributed by atoms with Gasteiger partial charge in [0.05, 0.1) is 15.6 Å². The van der Waals surface area contributed by atoms with Crippen molar-refractivity contribution in [1.82, 2.24) is 20.2 Å². The third-order valence-corrected chi connectivity index (χ3v) is 3.60. The third-order valence-electron chi connectivity index (χ3n) is 3.28. The van der Waals surface area contributed by atoms with Gasteiger partial charge in [-0.15, -0.1) is 10.2 Å². The lowest BCUT2D eigenvalue weighted by Crippen LogP contribution is -2.20. The maximum absolute atomic E-state index is 12.9. The summed E-state index contributed by atoms with van der Waals surface area (Å²) in [7, 11) is 0. The van der Waals surface area contributed by atoms with E-state index in [0.717, 1.165) is 10.9 Å². The number of nitrogens with one attached hydrogen (secondary N) is 1. The Labute approximate surface area is 150 Å². The molecule has 0 saturated carbocycles. The lowest BCUT2D eigenvalue weighted by Gasteiger charge is -2.06. The van der Waals surface area contributed by atoms with Crippen LogP contribution in [0.15, 0.2) is 42.5 Å². The van der Waals surface area contributed by atoms with Gasteiger partial charge in [-0.3, -0.25) is 14.9 Å². The summed E-state index contributed by atoms with van der Waals surface area (Å²) < 4.78 is 12.9. The molecule has 9 nitrogen and oxygen atoms in total. The van der Waals surface area contributed by atoms with Gasteiger partial charge >= 0.3 is 0 Å². The average Bonchev–Trinajstić information content (AvgIpc) is 3.05. The average molecular weight is 377 g/mol. The highest BCUT2D eigenvalue weighted by molar-refractivity contribution is 6.33. The Morgan fingerprint density at radius 2 is 2.00 bits per heavy atom. The van der Waals surface area contributed by atoms with Crippen LogP contribution in [0.25, 0.3) is 11.4 Å². The van der Waals surface area contributed by atoms with E-state index in [-0.39, 0.29) is 28.8 Å². The van der Waals surface area contributed by atoms with Gasteiger partial charge in [0.2, 0.25) is 11.7 Å².